The molecule has 2 rings (SSSR count). The quantitative estimate of drug-likeness (QED) is 0.391. The Balaban J connectivity index is 1.86. The second-order valence-electron chi connectivity index (χ2n) is 7.11. The van der Waals surface area contributed by atoms with Crippen LogP contribution in [0.3, 0.4) is 0 Å². The molecule has 0 radical (unpaired) electrons. The molecule has 1 aromatic rings. The van der Waals surface area contributed by atoms with Crippen LogP contribution in [0, 0.1) is 5.41 Å². The molecule has 1 aliphatic rings. The zero-order valence-electron chi connectivity index (χ0n) is 15.7. The van der Waals surface area contributed by atoms with E-state index in [1.165, 1.54) is 0 Å². The first-order valence-corrected chi connectivity index (χ1v) is 10.6. The SMILES string of the molecule is CCC(C)(C)C(=O)OCCCS(=O)(=O)ON=C1CCCc2ccccc21. The first kappa shape index (κ1) is 20.4. The fraction of sp³-hybridized carbons (Fsp3) is 0.579. The van der Waals surface area contributed by atoms with Gasteiger partial charge in [0.05, 0.1) is 23.5 Å². The van der Waals surface area contributed by atoms with Gasteiger partial charge in [0.2, 0.25) is 0 Å². The molecule has 144 valence electrons. The molecule has 1 aliphatic carbocycles. The predicted molar refractivity (Wildman–Crippen MR) is 100 cm³/mol. The third-order valence-electron chi connectivity index (χ3n) is 4.66. The molecular weight excluding hydrogens is 354 g/mol. The summed E-state index contributed by atoms with van der Waals surface area (Å²) >= 11 is 0. The number of esters is 1. The van der Waals surface area contributed by atoms with E-state index in [9.17, 15) is 13.2 Å². The van der Waals surface area contributed by atoms with Gasteiger partial charge in [-0.2, -0.15) is 8.42 Å². The van der Waals surface area contributed by atoms with E-state index in [-0.39, 0.29) is 24.7 Å². The summed E-state index contributed by atoms with van der Waals surface area (Å²) in [6.07, 6.45) is 3.40. The number of nitrogens with zero attached hydrogens (tertiary/aromatic N) is 1. The van der Waals surface area contributed by atoms with Crippen LogP contribution in [0.4, 0.5) is 0 Å². The van der Waals surface area contributed by atoms with Gasteiger partial charge in [-0.1, -0.05) is 36.3 Å². The van der Waals surface area contributed by atoms with Gasteiger partial charge in [-0.25, -0.2) is 0 Å². The molecular formula is C19H27NO5S. The van der Waals surface area contributed by atoms with E-state index in [2.05, 4.69) is 5.16 Å². The molecule has 26 heavy (non-hydrogen) atoms. The van der Waals surface area contributed by atoms with E-state index in [1.54, 1.807) is 13.8 Å². The summed E-state index contributed by atoms with van der Waals surface area (Å²) in [5, 5.41) is 3.88. The summed E-state index contributed by atoms with van der Waals surface area (Å²) in [7, 11) is -3.80. The number of carbonyl (C=O) groups excluding carboxylic acids is 1. The van der Waals surface area contributed by atoms with Crippen molar-refractivity contribution in [3.05, 3.63) is 35.4 Å². The third-order valence-corrected chi connectivity index (χ3v) is 5.75. The van der Waals surface area contributed by atoms with E-state index in [4.69, 9.17) is 9.02 Å². The Morgan fingerprint density at radius 2 is 1.96 bits per heavy atom. The van der Waals surface area contributed by atoms with Crippen molar-refractivity contribution < 1.29 is 22.2 Å². The number of hydrogen-bond donors (Lipinski definition) is 0. The van der Waals surface area contributed by atoms with Crippen molar-refractivity contribution in [2.24, 2.45) is 10.6 Å². The number of rotatable bonds is 8. The van der Waals surface area contributed by atoms with Crippen LogP contribution in [-0.4, -0.2) is 32.5 Å². The van der Waals surface area contributed by atoms with E-state index >= 15 is 0 Å². The topological polar surface area (TPSA) is 82.0 Å². The second kappa shape index (κ2) is 8.66. The van der Waals surface area contributed by atoms with Crippen LogP contribution in [0.25, 0.3) is 0 Å². The standard InChI is InChI=1S/C19H27NO5S/c1-4-19(2,3)18(21)24-13-8-14-26(22,23)25-20-17-12-7-10-15-9-5-6-11-16(15)17/h5-6,9,11H,4,7-8,10,12-14H2,1-3H3. The van der Waals surface area contributed by atoms with E-state index in [0.717, 1.165) is 24.0 Å². The number of oxime groups is 1. The smallest absolute Gasteiger partial charge is 0.328 e. The Morgan fingerprint density at radius 3 is 2.69 bits per heavy atom. The van der Waals surface area contributed by atoms with Crippen LogP contribution in [0.5, 0.6) is 0 Å². The van der Waals surface area contributed by atoms with Crippen molar-refractivity contribution in [3.63, 3.8) is 0 Å². The normalized spacial score (nSPS) is 16.2. The summed E-state index contributed by atoms with van der Waals surface area (Å²) in [5.74, 6) is -0.567. The lowest BCUT2D eigenvalue weighted by Crippen LogP contribution is -2.26. The summed E-state index contributed by atoms with van der Waals surface area (Å²) in [6.45, 7) is 5.55. The lowest BCUT2D eigenvalue weighted by atomic mass is 9.90. The van der Waals surface area contributed by atoms with Crippen molar-refractivity contribution in [1.29, 1.82) is 0 Å². The number of ether oxygens (including phenoxy) is 1. The molecule has 0 bridgehead atoms. The molecule has 1 aromatic carbocycles. The summed E-state index contributed by atoms with van der Waals surface area (Å²) < 4.78 is 34.0. The van der Waals surface area contributed by atoms with E-state index in [1.807, 2.05) is 31.2 Å². The number of hydrogen-bond acceptors (Lipinski definition) is 6. The van der Waals surface area contributed by atoms with Gasteiger partial charge in [-0.05, 0) is 51.5 Å². The molecule has 6 nitrogen and oxygen atoms in total. The molecule has 0 fully saturated rings. The highest BCUT2D eigenvalue weighted by molar-refractivity contribution is 7.86. The minimum atomic E-state index is -3.80. The van der Waals surface area contributed by atoms with Crippen molar-refractivity contribution in [3.8, 4) is 0 Å². The summed E-state index contributed by atoms with van der Waals surface area (Å²) in [6, 6.07) is 7.81. The van der Waals surface area contributed by atoms with Crippen molar-refractivity contribution in [2.75, 3.05) is 12.4 Å². The van der Waals surface area contributed by atoms with Crippen LogP contribution in [0.1, 0.15) is 57.6 Å². The first-order chi connectivity index (χ1) is 12.2. The van der Waals surface area contributed by atoms with Crippen molar-refractivity contribution >= 4 is 21.8 Å². The third kappa shape index (κ3) is 5.56. The van der Waals surface area contributed by atoms with Crippen molar-refractivity contribution in [2.45, 2.75) is 52.9 Å². The van der Waals surface area contributed by atoms with Crippen LogP contribution in [0.2, 0.25) is 0 Å². The van der Waals surface area contributed by atoms with Crippen molar-refractivity contribution in [1.82, 2.24) is 0 Å². The van der Waals surface area contributed by atoms with E-state index < -0.39 is 15.5 Å². The van der Waals surface area contributed by atoms with Crippen LogP contribution < -0.4 is 0 Å². The van der Waals surface area contributed by atoms with Gasteiger partial charge in [0, 0.05) is 5.56 Å². The van der Waals surface area contributed by atoms with Crippen LogP contribution in [0.15, 0.2) is 29.4 Å². The molecule has 0 saturated carbocycles. The lowest BCUT2D eigenvalue weighted by molar-refractivity contribution is -0.154. The van der Waals surface area contributed by atoms with Gasteiger partial charge < -0.3 is 4.74 Å². The molecule has 0 amide bonds. The molecule has 0 aliphatic heterocycles. The van der Waals surface area contributed by atoms with Crippen LogP contribution in [-0.2, 0) is 30.4 Å². The zero-order valence-corrected chi connectivity index (χ0v) is 16.5. The monoisotopic (exact) mass is 381 g/mol. The first-order valence-electron chi connectivity index (χ1n) is 8.99. The fourth-order valence-electron chi connectivity index (χ4n) is 2.57. The summed E-state index contributed by atoms with van der Waals surface area (Å²) in [5.41, 5.74) is 2.20. The average molecular weight is 381 g/mol. The highest BCUT2D eigenvalue weighted by atomic mass is 32.2. The minimum absolute atomic E-state index is 0.0459. The Labute approximate surface area is 155 Å². The average Bonchev–Trinajstić information content (AvgIpc) is 2.63. The van der Waals surface area contributed by atoms with Gasteiger partial charge >= 0.3 is 16.1 Å². The molecule has 0 spiro atoms. The van der Waals surface area contributed by atoms with Gasteiger partial charge in [0.25, 0.3) is 0 Å². The Kier molecular flexibility index (Phi) is 6.81. The molecule has 7 heteroatoms. The van der Waals surface area contributed by atoms with Gasteiger partial charge in [-0.3, -0.25) is 9.08 Å². The Bertz CT molecular complexity index is 768. The number of benzene rings is 1. The lowest BCUT2D eigenvalue weighted by Gasteiger charge is -2.20. The minimum Gasteiger partial charge on any atom is -0.465 e. The van der Waals surface area contributed by atoms with Gasteiger partial charge in [0.1, 0.15) is 0 Å². The Hall–Kier alpha value is -1.89. The molecule has 0 unspecified atom stereocenters. The molecule has 0 heterocycles. The highest BCUT2D eigenvalue weighted by Gasteiger charge is 2.27. The maximum atomic E-state index is 12.0. The number of aryl methyl sites for hydroxylation is 1. The highest BCUT2D eigenvalue weighted by Crippen LogP contribution is 2.22. The largest absolute Gasteiger partial charge is 0.465 e. The maximum absolute atomic E-state index is 12.0. The molecule has 0 saturated heterocycles. The van der Waals surface area contributed by atoms with Gasteiger partial charge in [0.15, 0.2) is 0 Å². The molecule has 0 aromatic heterocycles. The Morgan fingerprint density at radius 1 is 1.23 bits per heavy atom. The molecule has 0 atom stereocenters. The fourth-order valence-corrected chi connectivity index (χ4v) is 3.32. The van der Waals surface area contributed by atoms with Crippen LogP contribution >= 0.6 is 0 Å². The van der Waals surface area contributed by atoms with E-state index in [0.29, 0.717) is 18.6 Å². The zero-order chi connectivity index (χ0) is 19.2. The summed E-state index contributed by atoms with van der Waals surface area (Å²) in [4.78, 5) is 11.8. The van der Waals surface area contributed by atoms with Gasteiger partial charge in [-0.15, -0.1) is 0 Å². The molecule has 0 N–H and O–H groups in total. The maximum Gasteiger partial charge on any atom is 0.328 e. The number of fused-ring (bicyclic) bond motifs is 1. The number of carbonyl (C=O) groups is 1. The predicted octanol–water partition coefficient (Wildman–Crippen LogP) is 3.44. The second-order valence-corrected chi connectivity index (χ2v) is 8.78.